The van der Waals surface area contributed by atoms with Crippen LogP contribution in [0, 0.1) is 22.7 Å². The van der Waals surface area contributed by atoms with Crippen LogP contribution in [0.3, 0.4) is 0 Å². The SMILES string of the molecule is C=C[C@@H]1C[C@]1(CC(=O)[C@@H]1C[C@@H]2CN1C(=O)[C@H](C(C)(C)C)CC(=O)OCCC/C=C/c1ccc3ccnc(c3c1)O2)C(=O)NS(=O)(=O)N(C)Cc1ccccc1. The zero-order valence-corrected chi connectivity index (χ0v) is 32.7. The number of ether oxygens (including phenoxy) is 2. The van der Waals surface area contributed by atoms with Crippen LogP contribution in [0.4, 0.5) is 0 Å². The molecular weight excluding hydrogens is 721 g/mol. The molecule has 1 saturated carbocycles. The van der Waals surface area contributed by atoms with Crippen LogP contribution < -0.4 is 9.46 Å². The lowest BCUT2D eigenvalue weighted by atomic mass is 9.77. The van der Waals surface area contributed by atoms with Gasteiger partial charge in [-0.15, -0.1) is 6.58 Å². The van der Waals surface area contributed by atoms with E-state index >= 15 is 0 Å². The predicted octanol–water partition coefficient (Wildman–Crippen LogP) is 5.63. The number of ketones is 1. The van der Waals surface area contributed by atoms with E-state index in [0.717, 1.165) is 26.2 Å². The number of cyclic esters (lactones) is 1. The number of rotatable bonds is 9. The normalized spacial score (nSPS) is 25.4. The molecule has 1 N–H and O–H groups in total. The van der Waals surface area contributed by atoms with E-state index in [1.54, 1.807) is 36.5 Å². The van der Waals surface area contributed by atoms with Crippen molar-refractivity contribution in [3.8, 4) is 5.88 Å². The largest absolute Gasteiger partial charge is 0.472 e. The number of nitrogens with one attached hydrogen (secondary N) is 1. The molecule has 13 heteroatoms. The predicted molar refractivity (Wildman–Crippen MR) is 208 cm³/mol. The zero-order chi connectivity index (χ0) is 39.5. The van der Waals surface area contributed by atoms with Crippen LogP contribution in [0.1, 0.15) is 70.4 Å². The van der Waals surface area contributed by atoms with Gasteiger partial charge in [0.1, 0.15) is 6.10 Å². The quantitative estimate of drug-likeness (QED) is 0.216. The van der Waals surface area contributed by atoms with E-state index in [9.17, 15) is 27.6 Å². The van der Waals surface area contributed by atoms with Gasteiger partial charge in [0.05, 0.1) is 36.9 Å². The molecule has 5 atom stereocenters. The van der Waals surface area contributed by atoms with Crippen LogP contribution in [-0.2, 0) is 40.7 Å². The number of fused-ring (bicyclic) bond motifs is 3. The summed E-state index contributed by atoms with van der Waals surface area (Å²) in [7, 11) is -2.90. The molecule has 55 heavy (non-hydrogen) atoms. The maximum atomic E-state index is 14.6. The summed E-state index contributed by atoms with van der Waals surface area (Å²) < 4.78 is 42.0. The Morgan fingerprint density at radius 2 is 1.89 bits per heavy atom. The number of pyridine rings is 1. The molecule has 12 nitrogen and oxygen atoms in total. The van der Waals surface area contributed by atoms with Gasteiger partial charge in [-0.25, -0.2) is 9.71 Å². The first-order chi connectivity index (χ1) is 26.1. The van der Waals surface area contributed by atoms with Crippen molar-refractivity contribution in [2.45, 2.75) is 78.0 Å². The second-order valence-electron chi connectivity index (χ2n) is 16.0. The molecule has 2 fully saturated rings. The minimum Gasteiger partial charge on any atom is -0.472 e. The number of carbonyl (C=O) groups excluding carboxylic acids is 4. The third kappa shape index (κ3) is 8.99. The number of allylic oxidation sites excluding steroid dienone is 2. The van der Waals surface area contributed by atoms with E-state index in [2.05, 4.69) is 16.3 Å². The first-order valence-corrected chi connectivity index (χ1v) is 20.2. The summed E-state index contributed by atoms with van der Waals surface area (Å²) in [6.07, 6.45) is 7.71. The Hall–Kier alpha value is -4.88. The third-order valence-corrected chi connectivity index (χ3v) is 12.4. The number of benzene rings is 2. The Morgan fingerprint density at radius 3 is 2.60 bits per heavy atom. The molecule has 1 aromatic heterocycles. The van der Waals surface area contributed by atoms with Crippen molar-refractivity contribution < 1.29 is 37.1 Å². The smallest absolute Gasteiger partial charge is 0.306 e. The van der Waals surface area contributed by atoms with Crippen LogP contribution in [-0.4, -0.2) is 78.5 Å². The second kappa shape index (κ2) is 16.1. The molecule has 2 aliphatic heterocycles. The van der Waals surface area contributed by atoms with Crippen LogP contribution in [0.25, 0.3) is 16.8 Å². The number of esters is 1. The van der Waals surface area contributed by atoms with Gasteiger partial charge in [0.15, 0.2) is 5.78 Å². The lowest BCUT2D eigenvalue weighted by Gasteiger charge is -2.34. The molecule has 0 radical (unpaired) electrons. The molecule has 3 aliphatic rings. The Morgan fingerprint density at radius 1 is 1.13 bits per heavy atom. The molecule has 3 aromatic rings. The molecule has 1 aliphatic carbocycles. The van der Waals surface area contributed by atoms with E-state index in [0.29, 0.717) is 18.7 Å². The Balaban J connectivity index is 1.29. The number of aromatic nitrogens is 1. The molecule has 0 unspecified atom stereocenters. The molecule has 6 rings (SSSR count). The van der Waals surface area contributed by atoms with Gasteiger partial charge in [-0.3, -0.25) is 19.2 Å². The summed E-state index contributed by atoms with van der Waals surface area (Å²) in [5.41, 5.74) is -0.368. The summed E-state index contributed by atoms with van der Waals surface area (Å²) in [4.78, 5) is 62.1. The van der Waals surface area contributed by atoms with Gasteiger partial charge in [-0.05, 0) is 59.2 Å². The lowest BCUT2D eigenvalue weighted by Crippen LogP contribution is -2.49. The lowest BCUT2D eigenvalue weighted by molar-refractivity contribution is -0.153. The highest BCUT2D eigenvalue weighted by Crippen LogP contribution is 2.57. The average molecular weight is 771 g/mol. The molecule has 1 saturated heterocycles. The van der Waals surface area contributed by atoms with Gasteiger partial charge < -0.3 is 14.4 Å². The first kappa shape index (κ1) is 39.8. The van der Waals surface area contributed by atoms with Crippen molar-refractivity contribution in [3.63, 3.8) is 0 Å². The zero-order valence-electron chi connectivity index (χ0n) is 31.9. The summed E-state index contributed by atoms with van der Waals surface area (Å²) in [6, 6.07) is 15.8. The molecule has 0 spiro atoms. The Bertz CT molecular complexity index is 2100. The van der Waals surface area contributed by atoms with Gasteiger partial charge in [-0.1, -0.05) is 81.5 Å². The van der Waals surface area contributed by atoms with Gasteiger partial charge >= 0.3 is 16.2 Å². The number of nitrogens with zero attached hydrogens (tertiary/aromatic N) is 3. The van der Waals surface area contributed by atoms with E-state index in [-0.39, 0.29) is 45.4 Å². The third-order valence-electron chi connectivity index (χ3n) is 11.0. The minimum absolute atomic E-state index is 0.0346. The Kier molecular flexibility index (Phi) is 11.6. The molecule has 2 aromatic carbocycles. The van der Waals surface area contributed by atoms with E-state index in [4.69, 9.17) is 9.47 Å². The van der Waals surface area contributed by atoms with Crippen LogP contribution in [0.2, 0.25) is 0 Å². The topological polar surface area (TPSA) is 152 Å². The maximum absolute atomic E-state index is 14.6. The number of Topliss-reactive ketones (excluding diaryl/α,β-unsaturated/α-hetero) is 1. The number of hydrogen-bond acceptors (Lipinski definition) is 9. The summed E-state index contributed by atoms with van der Waals surface area (Å²) in [5, 5.41) is 1.69. The Labute approximate surface area is 323 Å². The molecule has 292 valence electrons. The van der Waals surface area contributed by atoms with Gasteiger partial charge in [0, 0.05) is 38.0 Å². The van der Waals surface area contributed by atoms with E-state index in [1.165, 1.54) is 11.9 Å². The maximum Gasteiger partial charge on any atom is 0.306 e. The van der Waals surface area contributed by atoms with Crippen molar-refractivity contribution in [2.24, 2.45) is 22.7 Å². The highest BCUT2D eigenvalue weighted by molar-refractivity contribution is 7.87. The fraction of sp³-hybridized carbons (Fsp3) is 0.452. The van der Waals surface area contributed by atoms with Crippen molar-refractivity contribution in [2.75, 3.05) is 20.2 Å². The number of amides is 2. The van der Waals surface area contributed by atoms with Crippen molar-refractivity contribution in [1.29, 1.82) is 0 Å². The van der Waals surface area contributed by atoms with E-state index < -0.39 is 68.6 Å². The molecular formula is C42H50N4O8S. The van der Waals surface area contributed by atoms with Gasteiger partial charge in [0.25, 0.3) is 0 Å². The monoisotopic (exact) mass is 770 g/mol. The average Bonchev–Trinajstić information content (AvgIpc) is 3.70. The van der Waals surface area contributed by atoms with Crippen LogP contribution >= 0.6 is 0 Å². The van der Waals surface area contributed by atoms with E-state index in [1.807, 2.05) is 63.3 Å². The molecule has 3 heterocycles. The fourth-order valence-electron chi connectivity index (χ4n) is 7.58. The van der Waals surface area contributed by atoms with Gasteiger partial charge in [-0.2, -0.15) is 12.7 Å². The first-order valence-electron chi connectivity index (χ1n) is 18.8. The number of carbonyl (C=O) groups is 4. The summed E-state index contributed by atoms with van der Waals surface area (Å²) in [5.74, 6) is -3.02. The van der Waals surface area contributed by atoms with Gasteiger partial charge in [0.2, 0.25) is 17.7 Å². The summed E-state index contributed by atoms with van der Waals surface area (Å²) >= 11 is 0. The fourth-order valence-corrected chi connectivity index (χ4v) is 8.49. The second-order valence-corrected chi connectivity index (χ2v) is 17.8. The highest BCUT2D eigenvalue weighted by atomic mass is 32.2. The summed E-state index contributed by atoms with van der Waals surface area (Å²) in [6.45, 7) is 9.72. The van der Waals surface area contributed by atoms with Crippen molar-refractivity contribution in [1.82, 2.24) is 18.9 Å². The van der Waals surface area contributed by atoms with Crippen molar-refractivity contribution in [3.05, 3.63) is 90.7 Å². The van der Waals surface area contributed by atoms with Crippen LogP contribution in [0.15, 0.2) is 79.5 Å². The highest BCUT2D eigenvalue weighted by Gasteiger charge is 2.61. The molecule has 2 amide bonds. The molecule has 4 bridgehead atoms. The number of hydrogen-bond donors (Lipinski definition) is 1. The standard InChI is InChI=1S/C42H50N4O8S/c1-6-31-24-42(31,40(50)44-55(51,52)45(5)26-29-14-9-7-10-15-29)25-36(47)35-22-32-27-46(35)39(49)34(41(2,3)4)23-37(48)53-20-12-8-11-13-28-16-17-30-18-19-43-38(54-32)33(30)21-28/h6-7,9-11,13-19,21,31-32,34-35H,1,8,12,20,22-27H2,2-5H3,(H,44,50)/b13-11+/t31-,32-,34-,35+,42-/m1/s1. The minimum atomic E-state index is -4.27. The van der Waals surface area contributed by atoms with Crippen LogP contribution in [0.5, 0.6) is 5.88 Å². The van der Waals surface area contributed by atoms with Crippen molar-refractivity contribution >= 4 is 50.6 Å².